The Morgan fingerprint density at radius 3 is 2.10 bits per heavy atom. The average molecular weight is 557 g/mol. The normalized spacial score (nSPS) is 19.5. The van der Waals surface area contributed by atoms with Gasteiger partial charge in [0.25, 0.3) is 5.91 Å². The molecule has 0 aromatic heterocycles. The maximum Gasteiger partial charge on any atom is 0.259 e. The summed E-state index contributed by atoms with van der Waals surface area (Å²) < 4.78 is 10.8. The van der Waals surface area contributed by atoms with Gasteiger partial charge in [0.2, 0.25) is 5.91 Å². The third-order valence-electron chi connectivity index (χ3n) is 8.29. The zero-order valence-corrected chi connectivity index (χ0v) is 24.2. The van der Waals surface area contributed by atoms with E-state index in [1.54, 1.807) is 19.1 Å². The Morgan fingerprint density at radius 2 is 1.46 bits per heavy atom. The summed E-state index contributed by atoms with van der Waals surface area (Å²) in [6.45, 7) is 9.16. The second-order valence-electron chi connectivity index (χ2n) is 10.6. The van der Waals surface area contributed by atoms with E-state index in [1.807, 2.05) is 72.8 Å². The molecule has 2 heterocycles. The number of hydrogen-bond acceptors (Lipinski definition) is 6. The highest BCUT2D eigenvalue weighted by atomic mass is 16.5. The molecule has 1 N–H and O–H groups in total. The van der Waals surface area contributed by atoms with Gasteiger partial charge in [-0.15, -0.1) is 0 Å². The number of anilines is 1. The molecule has 8 heteroatoms. The van der Waals surface area contributed by atoms with Crippen molar-refractivity contribution in [2.45, 2.75) is 25.3 Å². The summed E-state index contributed by atoms with van der Waals surface area (Å²) in [7, 11) is 3.24. The van der Waals surface area contributed by atoms with Crippen molar-refractivity contribution in [1.29, 1.82) is 0 Å². The van der Waals surface area contributed by atoms with Crippen LogP contribution in [0, 0.1) is 0 Å². The summed E-state index contributed by atoms with van der Waals surface area (Å²) >= 11 is 0. The molecule has 41 heavy (non-hydrogen) atoms. The first-order valence-corrected chi connectivity index (χ1v) is 14.5. The number of ether oxygens (including phenoxy) is 2. The fourth-order valence-electron chi connectivity index (χ4n) is 5.94. The molecule has 8 nitrogen and oxygen atoms in total. The number of hydrogen-bond donors (Lipinski definition) is 1. The number of carbonyl (C=O) groups excluding carboxylic acids is 2. The molecule has 5 rings (SSSR count). The van der Waals surface area contributed by atoms with E-state index in [1.165, 1.54) is 0 Å². The van der Waals surface area contributed by atoms with Gasteiger partial charge >= 0.3 is 0 Å². The van der Waals surface area contributed by atoms with Crippen molar-refractivity contribution >= 4 is 17.5 Å². The molecule has 0 saturated carbocycles. The second-order valence-corrected chi connectivity index (χ2v) is 10.6. The smallest absolute Gasteiger partial charge is 0.259 e. The van der Waals surface area contributed by atoms with Crippen molar-refractivity contribution in [2.24, 2.45) is 0 Å². The van der Waals surface area contributed by atoms with Crippen LogP contribution in [0.4, 0.5) is 5.69 Å². The number of nitrogens with zero attached hydrogens (tertiary/aromatic N) is 3. The molecule has 2 amide bonds. The molecule has 0 spiro atoms. The van der Waals surface area contributed by atoms with Crippen molar-refractivity contribution in [1.82, 2.24) is 15.1 Å². The van der Waals surface area contributed by atoms with Gasteiger partial charge < -0.3 is 24.6 Å². The summed E-state index contributed by atoms with van der Waals surface area (Å²) in [6, 6.07) is 22.0. The molecule has 2 aliphatic rings. The minimum Gasteiger partial charge on any atom is -0.497 e. The highest BCUT2D eigenvalue weighted by Crippen LogP contribution is 2.45. The van der Waals surface area contributed by atoms with E-state index in [4.69, 9.17) is 9.47 Å². The van der Waals surface area contributed by atoms with Gasteiger partial charge in [-0.25, -0.2) is 0 Å². The molecule has 216 valence electrons. The van der Waals surface area contributed by atoms with Gasteiger partial charge in [-0.2, -0.15) is 0 Å². The molecule has 0 radical (unpaired) electrons. The molecule has 0 bridgehead atoms. The summed E-state index contributed by atoms with van der Waals surface area (Å²) in [6.07, 6.45) is 0.876. The van der Waals surface area contributed by atoms with Crippen molar-refractivity contribution in [3.05, 3.63) is 89.5 Å². The number of benzene rings is 3. The van der Waals surface area contributed by atoms with Crippen molar-refractivity contribution < 1.29 is 19.1 Å². The lowest BCUT2D eigenvalue weighted by Crippen LogP contribution is -2.48. The van der Waals surface area contributed by atoms with Crippen molar-refractivity contribution in [2.75, 3.05) is 64.9 Å². The van der Waals surface area contributed by atoms with Crippen LogP contribution in [0.1, 0.15) is 46.8 Å². The van der Waals surface area contributed by atoms with Crippen molar-refractivity contribution in [3.63, 3.8) is 0 Å². The molecule has 2 aliphatic heterocycles. The lowest BCUT2D eigenvalue weighted by atomic mass is 9.78. The SMILES string of the molecule is CCN1CCN(CCCNC(=O)[C@H]2c3ccccc3C(=O)N(c3ccc(OC)cc3)[C@H]2c2ccc(OC)cc2)CC1. The number of rotatable bonds is 10. The van der Waals surface area contributed by atoms with E-state index in [9.17, 15) is 9.59 Å². The van der Waals surface area contributed by atoms with Gasteiger partial charge in [0.05, 0.1) is 26.2 Å². The minimum atomic E-state index is -0.590. The maximum atomic E-state index is 14.1. The third kappa shape index (κ3) is 6.24. The number of methoxy groups -OCH3 is 2. The second kappa shape index (κ2) is 13.2. The molecule has 0 unspecified atom stereocenters. The Hall–Kier alpha value is -3.88. The van der Waals surface area contributed by atoms with Crippen LogP contribution in [0.3, 0.4) is 0 Å². The van der Waals surface area contributed by atoms with Gasteiger partial charge in [0.1, 0.15) is 11.5 Å². The predicted octanol–water partition coefficient (Wildman–Crippen LogP) is 4.33. The van der Waals surface area contributed by atoms with E-state index in [2.05, 4.69) is 22.0 Å². The lowest BCUT2D eigenvalue weighted by molar-refractivity contribution is -0.123. The monoisotopic (exact) mass is 556 g/mol. The van der Waals surface area contributed by atoms with Crippen LogP contribution in [0.2, 0.25) is 0 Å². The molecule has 1 saturated heterocycles. The van der Waals surface area contributed by atoms with Gasteiger partial charge in [-0.3, -0.25) is 14.5 Å². The Balaban J connectivity index is 1.43. The third-order valence-corrected chi connectivity index (χ3v) is 8.29. The lowest BCUT2D eigenvalue weighted by Gasteiger charge is -2.42. The Bertz CT molecular complexity index is 1320. The standard InChI is InChI=1S/C33H40N4O4/c1-4-35-20-22-36(23-21-35)19-7-18-34-32(38)30-28-8-5-6-9-29(28)33(39)37(25-12-16-27(41-3)17-13-25)31(30)24-10-14-26(40-2)15-11-24/h5-6,8-17,30-31H,4,7,18-23H2,1-3H3,(H,34,38)/t30-,31-/m0/s1. The van der Waals surface area contributed by atoms with Crippen molar-refractivity contribution in [3.8, 4) is 11.5 Å². The molecule has 1 fully saturated rings. The van der Waals surface area contributed by atoms with Crippen LogP contribution in [0.15, 0.2) is 72.8 Å². The van der Waals surface area contributed by atoms with Gasteiger partial charge in [-0.05, 0) is 73.1 Å². The first kappa shape index (κ1) is 28.6. The number of carbonyl (C=O) groups is 2. The van der Waals surface area contributed by atoms with Gasteiger partial charge in [0, 0.05) is 44.0 Å². The Morgan fingerprint density at radius 1 is 0.854 bits per heavy atom. The topological polar surface area (TPSA) is 74.4 Å². The number of piperazine rings is 1. The van der Waals surface area contributed by atoms with E-state index in [-0.39, 0.29) is 11.8 Å². The number of nitrogens with one attached hydrogen (secondary N) is 1. The summed E-state index contributed by atoms with van der Waals surface area (Å²) in [4.78, 5) is 34.8. The zero-order chi connectivity index (χ0) is 28.8. The first-order valence-electron chi connectivity index (χ1n) is 14.5. The molecule has 3 aromatic carbocycles. The van der Waals surface area contributed by atoms with Crippen LogP contribution in [0.25, 0.3) is 0 Å². The molecule has 3 aromatic rings. The highest BCUT2D eigenvalue weighted by Gasteiger charge is 2.44. The largest absolute Gasteiger partial charge is 0.497 e. The molecular formula is C33H40N4O4. The van der Waals surface area contributed by atoms with Crippen LogP contribution in [-0.4, -0.2) is 81.6 Å². The Labute approximate surface area is 242 Å². The Kier molecular flexibility index (Phi) is 9.21. The number of amides is 2. The van der Waals surface area contributed by atoms with Gasteiger partial charge in [0.15, 0.2) is 0 Å². The predicted molar refractivity (Wildman–Crippen MR) is 161 cm³/mol. The summed E-state index contributed by atoms with van der Waals surface area (Å²) in [5.41, 5.74) is 2.85. The van der Waals surface area contributed by atoms with E-state index in [0.29, 0.717) is 29.3 Å². The maximum absolute atomic E-state index is 14.1. The van der Waals surface area contributed by atoms with Crippen LogP contribution < -0.4 is 19.7 Å². The first-order chi connectivity index (χ1) is 20.0. The zero-order valence-electron chi connectivity index (χ0n) is 24.2. The molecular weight excluding hydrogens is 516 g/mol. The van der Waals surface area contributed by atoms with Gasteiger partial charge in [-0.1, -0.05) is 37.3 Å². The van der Waals surface area contributed by atoms with E-state index < -0.39 is 12.0 Å². The minimum absolute atomic E-state index is 0.0833. The fourth-order valence-corrected chi connectivity index (χ4v) is 5.94. The number of likely N-dealkylation sites (N-methyl/N-ethyl adjacent to an activating group) is 1. The summed E-state index contributed by atoms with van der Waals surface area (Å²) in [5, 5.41) is 3.22. The quantitative estimate of drug-likeness (QED) is 0.375. The highest BCUT2D eigenvalue weighted by molar-refractivity contribution is 6.11. The molecule has 0 aliphatic carbocycles. The van der Waals surface area contributed by atoms with E-state index in [0.717, 1.165) is 56.8 Å². The average Bonchev–Trinajstić information content (AvgIpc) is 3.03. The van der Waals surface area contributed by atoms with Crippen LogP contribution in [0.5, 0.6) is 11.5 Å². The number of fused-ring (bicyclic) bond motifs is 1. The van der Waals surface area contributed by atoms with Crippen LogP contribution in [-0.2, 0) is 4.79 Å². The van der Waals surface area contributed by atoms with Crippen LogP contribution >= 0.6 is 0 Å². The fraction of sp³-hybridized carbons (Fsp3) is 0.394. The summed E-state index contributed by atoms with van der Waals surface area (Å²) in [5.74, 6) is 0.604. The molecule has 2 atom stereocenters. The van der Waals surface area contributed by atoms with E-state index >= 15 is 0 Å².